The Morgan fingerprint density at radius 1 is 1.08 bits per heavy atom. The quantitative estimate of drug-likeness (QED) is 0.624. The van der Waals surface area contributed by atoms with E-state index in [9.17, 15) is 9.18 Å². The van der Waals surface area contributed by atoms with Gasteiger partial charge in [-0.05, 0) is 48.9 Å². The number of halogens is 3. The third-order valence-electron chi connectivity index (χ3n) is 3.49. The molecule has 1 N–H and O–H groups in total. The number of nitrogens with one attached hydrogen (secondary N) is 1. The van der Waals surface area contributed by atoms with Gasteiger partial charge in [0.1, 0.15) is 11.6 Å². The molecule has 24 heavy (non-hydrogen) atoms. The molecule has 2 aromatic carbocycles. The van der Waals surface area contributed by atoms with E-state index in [0.717, 1.165) is 5.56 Å². The van der Waals surface area contributed by atoms with Gasteiger partial charge in [0, 0.05) is 5.56 Å². The van der Waals surface area contributed by atoms with Gasteiger partial charge in [-0.25, -0.2) is 4.39 Å². The van der Waals surface area contributed by atoms with E-state index >= 15 is 0 Å². The summed E-state index contributed by atoms with van der Waals surface area (Å²) in [4.78, 5) is 12.3. The molecule has 0 atom stereocenters. The van der Waals surface area contributed by atoms with Crippen molar-refractivity contribution in [3.8, 4) is 11.3 Å². The Balaban J connectivity index is 1.85. The van der Waals surface area contributed by atoms with Crippen LogP contribution < -0.4 is 5.32 Å². The van der Waals surface area contributed by atoms with Crippen molar-refractivity contribution >= 4 is 34.8 Å². The van der Waals surface area contributed by atoms with Crippen molar-refractivity contribution in [1.82, 2.24) is 0 Å². The molecule has 3 aromatic rings. The Hall–Kier alpha value is -2.30. The molecule has 3 rings (SSSR count). The summed E-state index contributed by atoms with van der Waals surface area (Å²) >= 11 is 11.9. The first kappa shape index (κ1) is 16.6. The summed E-state index contributed by atoms with van der Waals surface area (Å²) < 4.78 is 18.8. The van der Waals surface area contributed by atoms with Gasteiger partial charge < -0.3 is 9.73 Å². The number of carbonyl (C=O) groups is 1. The van der Waals surface area contributed by atoms with Crippen LogP contribution in [0.3, 0.4) is 0 Å². The highest BCUT2D eigenvalue weighted by molar-refractivity contribution is 6.34. The van der Waals surface area contributed by atoms with Gasteiger partial charge in [-0.15, -0.1) is 0 Å². The second-order valence-electron chi connectivity index (χ2n) is 5.18. The Kier molecular flexibility index (Phi) is 4.60. The third-order valence-corrected chi connectivity index (χ3v) is 4.10. The minimum Gasteiger partial charge on any atom is -0.451 e. The molecule has 0 fully saturated rings. The SMILES string of the molecule is Cc1cccc(Cl)c1NC(=O)c1ccc(-c2ccc(F)c(Cl)c2)o1. The maximum absolute atomic E-state index is 13.2. The van der Waals surface area contributed by atoms with Gasteiger partial charge in [0.15, 0.2) is 5.76 Å². The predicted molar refractivity (Wildman–Crippen MR) is 93.3 cm³/mol. The molecule has 6 heteroatoms. The maximum Gasteiger partial charge on any atom is 0.291 e. The number of benzene rings is 2. The number of rotatable bonds is 3. The van der Waals surface area contributed by atoms with Crippen LogP contribution in [0.1, 0.15) is 16.1 Å². The molecule has 0 unspecified atom stereocenters. The first-order valence-corrected chi connectivity index (χ1v) is 7.83. The Morgan fingerprint density at radius 2 is 1.88 bits per heavy atom. The van der Waals surface area contributed by atoms with E-state index in [1.807, 2.05) is 13.0 Å². The van der Waals surface area contributed by atoms with Gasteiger partial charge in [0.25, 0.3) is 5.91 Å². The zero-order chi connectivity index (χ0) is 17.3. The summed E-state index contributed by atoms with van der Waals surface area (Å²) in [6.07, 6.45) is 0. The maximum atomic E-state index is 13.2. The van der Waals surface area contributed by atoms with E-state index in [0.29, 0.717) is 22.0 Å². The fraction of sp³-hybridized carbons (Fsp3) is 0.0556. The molecule has 0 aliphatic carbocycles. The molecule has 0 saturated heterocycles. The highest BCUT2D eigenvalue weighted by atomic mass is 35.5. The van der Waals surface area contributed by atoms with Crippen LogP contribution >= 0.6 is 23.2 Å². The van der Waals surface area contributed by atoms with E-state index in [1.54, 1.807) is 18.2 Å². The van der Waals surface area contributed by atoms with Gasteiger partial charge in [-0.1, -0.05) is 35.3 Å². The number of para-hydroxylation sites is 1. The number of hydrogen-bond acceptors (Lipinski definition) is 2. The first-order valence-electron chi connectivity index (χ1n) is 7.07. The highest BCUT2D eigenvalue weighted by Gasteiger charge is 2.15. The molecular formula is C18H12Cl2FNO2. The van der Waals surface area contributed by atoms with Gasteiger partial charge in [-0.3, -0.25) is 4.79 Å². The average molecular weight is 364 g/mol. The van der Waals surface area contributed by atoms with Gasteiger partial charge in [0.2, 0.25) is 0 Å². The number of anilines is 1. The van der Waals surface area contributed by atoms with Crippen LogP contribution in [0.15, 0.2) is 52.9 Å². The van der Waals surface area contributed by atoms with Crippen LogP contribution in [-0.4, -0.2) is 5.91 Å². The van der Waals surface area contributed by atoms with Gasteiger partial charge in [0.05, 0.1) is 15.7 Å². The standard InChI is InChI=1S/C18H12Cl2FNO2/c1-10-3-2-4-12(19)17(10)22-18(23)16-8-7-15(24-16)11-5-6-14(21)13(20)9-11/h2-9H,1H3,(H,22,23). The topological polar surface area (TPSA) is 42.2 Å². The van der Waals surface area contributed by atoms with Gasteiger partial charge in [-0.2, -0.15) is 0 Å². The molecule has 3 nitrogen and oxygen atoms in total. The monoisotopic (exact) mass is 363 g/mol. The van der Waals surface area contributed by atoms with E-state index in [1.165, 1.54) is 24.3 Å². The lowest BCUT2D eigenvalue weighted by Gasteiger charge is -2.08. The lowest BCUT2D eigenvalue weighted by molar-refractivity contribution is 0.0997. The average Bonchev–Trinajstić information content (AvgIpc) is 3.03. The van der Waals surface area contributed by atoms with Crippen molar-refractivity contribution in [1.29, 1.82) is 0 Å². The minimum atomic E-state index is -0.515. The molecule has 1 amide bonds. The first-order chi connectivity index (χ1) is 11.5. The van der Waals surface area contributed by atoms with E-state index in [-0.39, 0.29) is 10.8 Å². The molecular weight excluding hydrogens is 352 g/mol. The highest BCUT2D eigenvalue weighted by Crippen LogP contribution is 2.28. The summed E-state index contributed by atoms with van der Waals surface area (Å²) in [6.45, 7) is 1.84. The largest absolute Gasteiger partial charge is 0.451 e. The van der Waals surface area contributed by atoms with Crippen LogP contribution in [-0.2, 0) is 0 Å². The third kappa shape index (κ3) is 3.30. The zero-order valence-electron chi connectivity index (χ0n) is 12.6. The van der Waals surface area contributed by atoms with Crippen molar-refractivity contribution in [2.24, 2.45) is 0 Å². The Morgan fingerprint density at radius 3 is 2.58 bits per heavy atom. The predicted octanol–water partition coefficient (Wildman–Crippen LogP) is 5.95. The normalized spacial score (nSPS) is 10.7. The molecule has 1 heterocycles. The number of aryl methyl sites for hydroxylation is 1. The van der Waals surface area contributed by atoms with Gasteiger partial charge >= 0.3 is 0 Å². The van der Waals surface area contributed by atoms with Crippen molar-refractivity contribution in [2.75, 3.05) is 5.32 Å². The number of furan rings is 1. The Bertz CT molecular complexity index is 901. The van der Waals surface area contributed by atoms with Crippen LogP contribution in [0.5, 0.6) is 0 Å². The summed E-state index contributed by atoms with van der Waals surface area (Å²) in [7, 11) is 0. The molecule has 0 spiro atoms. The Labute approximate surface area is 148 Å². The summed E-state index contributed by atoms with van der Waals surface area (Å²) in [6, 6.07) is 12.7. The van der Waals surface area contributed by atoms with E-state index in [4.69, 9.17) is 27.6 Å². The lowest BCUT2D eigenvalue weighted by Crippen LogP contribution is -2.12. The second kappa shape index (κ2) is 6.67. The zero-order valence-corrected chi connectivity index (χ0v) is 14.1. The molecule has 0 aliphatic heterocycles. The van der Waals surface area contributed by atoms with Crippen LogP contribution in [0.4, 0.5) is 10.1 Å². The number of hydrogen-bond donors (Lipinski definition) is 1. The van der Waals surface area contributed by atoms with Crippen LogP contribution in [0, 0.1) is 12.7 Å². The summed E-state index contributed by atoms with van der Waals surface area (Å²) in [5.41, 5.74) is 1.95. The fourth-order valence-corrected chi connectivity index (χ4v) is 2.68. The summed E-state index contributed by atoms with van der Waals surface area (Å²) in [5.74, 6) is -0.410. The number of amides is 1. The van der Waals surface area contributed by atoms with E-state index < -0.39 is 11.7 Å². The molecule has 0 radical (unpaired) electrons. The molecule has 0 bridgehead atoms. The second-order valence-corrected chi connectivity index (χ2v) is 5.99. The summed E-state index contributed by atoms with van der Waals surface area (Å²) in [5, 5.41) is 3.16. The molecule has 1 aromatic heterocycles. The fourth-order valence-electron chi connectivity index (χ4n) is 2.23. The van der Waals surface area contributed by atoms with Crippen LogP contribution in [0.25, 0.3) is 11.3 Å². The minimum absolute atomic E-state index is 0.0124. The molecule has 122 valence electrons. The number of carbonyl (C=O) groups excluding carboxylic acids is 1. The lowest BCUT2D eigenvalue weighted by atomic mass is 10.2. The smallest absolute Gasteiger partial charge is 0.291 e. The van der Waals surface area contributed by atoms with Crippen molar-refractivity contribution < 1.29 is 13.6 Å². The van der Waals surface area contributed by atoms with E-state index in [2.05, 4.69) is 5.32 Å². The van der Waals surface area contributed by atoms with Crippen LogP contribution in [0.2, 0.25) is 10.0 Å². The molecule has 0 saturated carbocycles. The molecule has 0 aliphatic rings. The van der Waals surface area contributed by atoms with Crippen molar-refractivity contribution in [2.45, 2.75) is 6.92 Å². The van der Waals surface area contributed by atoms with Crippen molar-refractivity contribution in [3.63, 3.8) is 0 Å². The van der Waals surface area contributed by atoms with Crippen molar-refractivity contribution in [3.05, 3.63) is 75.7 Å².